The van der Waals surface area contributed by atoms with E-state index in [2.05, 4.69) is 31.7 Å². The summed E-state index contributed by atoms with van der Waals surface area (Å²) in [4.78, 5) is 23.5. The number of likely N-dealkylation sites (N-methyl/N-ethyl adjacent to an activating group) is 1. The summed E-state index contributed by atoms with van der Waals surface area (Å²) in [5.74, 6) is 3.33. The molecule has 7 heteroatoms. The number of rotatable bonds is 5. The lowest BCUT2D eigenvalue weighted by Gasteiger charge is -2.34. The highest BCUT2D eigenvalue weighted by atomic mass is 19.1. The molecule has 33 heavy (non-hydrogen) atoms. The Morgan fingerprint density at radius 1 is 1.39 bits per heavy atom. The Bertz CT molecular complexity index is 785. The number of halogens is 1. The van der Waals surface area contributed by atoms with Gasteiger partial charge in [0.15, 0.2) is 6.61 Å². The van der Waals surface area contributed by atoms with Gasteiger partial charge in [-0.15, -0.1) is 12.3 Å². The minimum Gasteiger partial charge on any atom is -0.484 e. The third-order valence-corrected chi connectivity index (χ3v) is 4.81. The lowest BCUT2D eigenvalue weighted by molar-refractivity contribution is -0.122. The highest BCUT2D eigenvalue weighted by molar-refractivity contribution is 5.77. The van der Waals surface area contributed by atoms with E-state index >= 15 is 0 Å². The summed E-state index contributed by atoms with van der Waals surface area (Å²) in [6, 6.07) is 4.49. The van der Waals surface area contributed by atoms with Gasteiger partial charge in [-0.05, 0) is 31.4 Å². The second-order valence-corrected chi connectivity index (χ2v) is 7.43. The number of amides is 2. The number of nitrogens with one attached hydrogen (secondary N) is 1. The fraction of sp³-hybridized carbons (Fsp3) is 0.538. The Morgan fingerprint density at radius 2 is 2.00 bits per heavy atom. The molecule has 0 spiro atoms. The second-order valence-electron chi connectivity index (χ2n) is 7.43. The van der Waals surface area contributed by atoms with E-state index in [0.717, 1.165) is 12.8 Å². The topological polar surface area (TPSA) is 67.9 Å². The van der Waals surface area contributed by atoms with Crippen molar-refractivity contribution in [3.8, 4) is 18.1 Å². The van der Waals surface area contributed by atoms with E-state index in [1.807, 2.05) is 13.8 Å². The predicted molar refractivity (Wildman–Crippen MR) is 130 cm³/mol. The first-order valence-corrected chi connectivity index (χ1v) is 11.4. The van der Waals surface area contributed by atoms with Crippen LogP contribution in [0.15, 0.2) is 31.0 Å². The number of aryl methyl sites for hydroxylation is 1. The molecule has 2 aliphatic rings. The number of hydrogen-bond acceptors (Lipinski definition) is 4. The molecule has 0 radical (unpaired) electrons. The number of cyclic esters (lactones) is 1. The van der Waals surface area contributed by atoms with E-state index < -0.39 is 0 Å². The maximum absolute atomic E-state index is 13.0. The predicted octanol–water partition coefficient (Wildman–Crippen LogP) is 5.31. The second kappa shape index (κ2) is 16.6. The maximum Gasteiger partial charge on any atom is 0.414 e. The van der Waals surface area contributed by atoms with E-state index in [1.165, 1.54) is 30.6 Å². The first-order chi connectivity index (χ1) is 15.8. The molecule has 1 aliphatic heterocycles. The van der Waals surface area contributed by atoms with Crippen molar-refractivity contribution in [1.29, 1.82) is 0 Å². The molecule has 0 bridgehead atoms. The van der Waals surface area contributed by atoms with Gasteiger partial charge in [-0.25, -0.2) is 9.18 Å². The highest BCUT2D eigenvalue weighted by Crippen LogP contribution is 2.38. The van der Waals surface area contributed by atoms with Crippen molar-refractivity contribution in [2.45, 2.75) is 60.0 Å². The molecule has 0 aromatic heterocycles. The fourth-order valence-corrected chi connectivity index (χ4v) is 2.88. The maximum atomic E-state index is 13.0. The molecule has 1 atom stereocenters. The lowest BCUT2D eigenvalue weighted by atomic mass is 9.72. The van der Waals surface area contributed by atoms with Gasteiger partial charge in [0.05, 0.1) is 6.54 Å². The Balaban J connectivity index is 0.000000520. The Hall–Kier alpha value is -3.01. The number of benzene rings is 1. The molecule has 2 amide bonds. The number of nitrogens with zero attached hydrogens (tertiary/aromatic N) is 1. The molecule has 184 valence electrons. The van der Waals surface area contributed by atoms with Gasteiger partial charge in [-0.2, -0.15) is 0 Å². The molecule has 2 fully saturated rings. The van der Waals surface area contributed by atoms with Crippen LogP contribution in [0, 0.1) is 36.9 Å². The molecule has 1 aliphatic carbocycles. The number of hydrogen-bond donors (Lipinski definition) is 1. The van der Waals surface area contributed by atoms with Crippen LogP contribution >= 0.6 is 0 Å². The van der Waals surface area contributed by atoms with Crippen LogP contribution in [0.2, 0.25) is 0 Å². The third-order valence-electron chi connectivity index (χ3n) is 4.81. The van der Waals surface area contributed by atoms with Crippen LogP contribution in [0.3, 0.4) is 0 Å². The van der Waals surface area contributed by atoms with Crippen LogP contribution in [0.1, 0.15) is 52.5 Å². The van der Waals surface area contributed by atoms with Crippen LogP contribution in [0.25, 0.3) is 0 Å². The van der Waals surface area contributed by atoms with E-state index in [-0.39, 0.29) is 30.5 Å². The zero-order chi connectivity index (χ0) is 25.4. The van der Waals surface area contributed by atoms with Crippen LogP contribution in [0.5, 0.6) is 5.75 Å². The summed E-state index contributed by atoms with van der Waals surface area (Å²) in [6.07, 6.45) is 9.76. The van der Waals surface area contributed by atoms with Crippen LogP contribution < -0.4 is 10.1 Å². The van der Waals surface area contributed by atoms with Gasteiger partial charge in [0.2, 0.25) is 0 Å². The minimum absolute atomic E-state index is 0.0186. The van der Waals surface area contributed by atoms with Crippen LogP contribution in [-0.2, 0) is 9.53 Å². The van der Waals surface area contributed by atoms with Crippen molar-refractivity contribution in [1.82, 2.24) is 10.2 Å². The molecule has 1 aromatic carbocycles. The highest BCUT2D eigenvalue weighted by Gasteiger charge is 2.41. The summed E-state index contributed by atoms with van der Waals surface area (Å²) in [6.45, 7) is 14.0. The average Bonchev–Trinajstić information content (AvgIpc) is 3.16. The first-order valence-electron chi connectivity index (χ1n) is 11.4. The molecular weight excluding hydrogens is 423 g/mol. The number of carbonyl (C=O) groups is 2. The lowest BCUT2D eigenvalue weighted by Crippen LogP contribution is -2.35. The van der Waals surface area contributed by atoms with Crippen molar-refractivity contribution in [2.75, 3.05) is 20.2 Å². The third kappa shape index (κ3) is 10.4. The number of terminal acetylenes is 1. The molecule has 3 rings (SSSR count). The Morgan fingerprint density at radius 3 is 2.45 bits per heavy atom. The Labute approximate surface area is 198 Å². The normalized spacial score (nSPS) is 20.0. The summed E-state index contributed by atoms with van der Waals surface area (Å²) >= 11 is 0. The van der Waals surface area contributed by atoms with Gasteiger partial charge < -0.3 is 14.8 Å². The number of ether oxygens (including phenoxy) is 2. The van der Waals surface area contributed by atoms with Gasteiger partial charge >= 0.3 is 6.09 Å². The van der Waals surface area contributed by atoms with Crippen molar-refractivity contribution < 1.29 is 23.5 Å². The molecular formula is C26H39FN2O4. The zero-order valence-electron chi connectivity index (χ0n) is 20.8. The quantitative estimate of drug-likeness (QED) is 0.602. The number of carbonyl (C=O) groups excluding carboxylic acids is 2. The van der Waals surface area contributed by atoms with Gasteiger partial charge in [-0.3, -0.25) is 9.69 Å². The SMILES string of the molecule is C#CC1CC(C2CN(C=C)C(=O)O2)C1.CC.CCC.CNC(=O)COc1ccc(C)c(F)c1. The smallest absolute Gasteiger partial charge is 0.414 e. The van der Waals surface area contributed by atoms with Gasteiger partial charge in [0.1, 0.15) is 17.7 Å². The summed E-state index contributed by atoms with van der Waals surface area (Å²) in [7, 11) is 1.52. The standard InChI is InChI=1S/C11H13NO2.C10H12FNO2.C3H8.C2H6/c1-3-8-5-9(6-8)10-7-12(4-2)11(13)14-10;1-7-3-4-8(5-9(7)11)14-6-10(13)12-2;1-3-2;1-2/h1,4,8-10H,2,5-7H2;3-5H,6H2,1-2H3,(H,12,13);3H2,1-2H3;1-2H3. The molecule has 6 nitrogen and oxygen atoms in total. The molecule has 1 saturated carbocycles. The van der Waals surface area contributed by atoms with Crippen molar-refractivity contribution >= 4 is 12.0 Å². The van der Waals surface area contributed by atoms with Crippen LogP contribution in [0.4, 0.5) is 9.18 Å². The van der Waals surface area contributed by atoms with E-state index in [0.29, 0.717) is 29.7 Å². The first kappa shape index (κ1) is 30.0. The van der Waals surface area contributed by atoms with E-state index in [1.54, 1.807) is 19.1 Å². The fourth-order valence-electron chi connectivity index (χ4n) is 2.88. The Kier molecular flexibility index (Phi) is 15.1. The van der Waals surface area contributed by atoms with Crippen molar-refractivity contribution in [2.24, 2.45) is 11.8 Å². The van der Waals surface area contributed by atoms with Crippen molar-refractivity contribution in [3.63, 3.8) is 0 Å². The molecule has 1 aromatic rings. The summed E-state index contributed by atoms with van der Waals surface area (Å²) in [5.41, 5.74) is 0.553. The molecule has 1 N–H and O–H groups in total. The van der Waals surface area contributed by atoms with Gasteiger partial charge in [0, 0.05) is 31.1 Å². The van der Waals surface area contributed by atoms with E-state index in [9.17, 15) is 14.0 Å². The van der Waals surface area contributed by atoms with Gasteiger partial charge in [0.25, 0.3) is 5.91 Å². The minimum atomic E-state index is -0.334. The monoisotopic (exact) mass is 462 g/mol. The molecule has 1 heterocycles. The summed E-state index contributed by atoms with van der Waals surface area (Å²) < 4.78 is 23.3. The van der Waals surface area contributed by atoms with E-state index in [4.69, 9.17) is 15.9 Å². The van der Waals surface area contributed by atoms with Crippen molar-refractivity contribution in [3.05, 3.63) is 42.4 Å². The van der Waals surface area contributed by atoms with Crippen LogP contribution in [-0.4, -0.2) is 43.2 Å². The molecule has 1 saturated heterocycles. The van der Waals surface area contributed by atoms with Gasteiger partial charge in [-0.1, -0.05) is 46.8 Å². The largest absolute Gasteiger partial charge is 0.484 e. The summed E-state index contributed by atoms with van der Waals surface area (Å²) in [5, 5.41) is 2.40. The zero-order valence-corrected chi connectivity index (χ0v) is 20.8. The average molecular weight is 463 g/mol. The molecule has 1 unspecified atom stereocenters.